The number of rotatable bonds is 6. The fourth-order valence-corrected chi connectivity index (χ4v) is 3.45. The summed E-state index contributed by atoms with van der Waals surface area (Å²) in [6, 6.07) is 12.6. The molecule has 1 aliphatic carbocycles. The summed E-state index contributed by atoms with van der Waals surface area (Å²) in [5.74, 6) is -2.32. The maximum atomic E-state index is 12.9. The van der Waals surface area contributed by atoms with Crippen LogP contribution in [0.3, 0.4) is 0 Å². The van der Waals surface area contributed by atoms with Crippen LogP contribution in [0.25, 0.3) is 0 Å². The Morgan fingerprint density at radius 1 is 1.03 bits per heavy atom. The summed E-state index contributed by atoms with van der Waals surface area (Å²) in [7, 11) is 0. The maximum Gasteiger partial charge on any atom is 0.330 e. The van der Waals surface area contributed by atoms with E-state index in [2.05, 4.69) is 5.32 Å². The first-order chi connectivity index (χ1) is 14.4. The largest absolute Gasteiger partial charge is 0.446 e. The van der Waals surface area contributed by atoms with Gasteiger partial charge in [0.2, 0.25) is 6.10 Å². The van der Waals surface area contributed by atoms with Crippen molar-refractivity contribution in [3.8, 4) is 0 Å². The molecular weight excluding hydrogens is 384 g/mol. The van der Waals surface area contributed by atoms with Gasteiger partial charge in [-0.25, -0.2) is 4.79 Å². The number of carbonyl (C=O) groups excluding carboxylic acids is 4. The molecule has 0 bridgehead atoms. The Balaban J connectivity index is 1.54. The highest BCUT2D eigenvalue weighted by Crippen LogP contribution is 2.28. The third kappa shape index (κ3) is 3.70. The third-order valence-electron chi connectivity index (χ3n) is 5.30. The van der Waals surface area contributed by atoms with Crippen molar-refractivity contribution >= 4 is 23.7 Å². The zero-order chi connectivity index (χ0) is 21.4. The smallest absolute Gasteiger partial charge is 0.330 e. The summed E-state index contributed by atoms with van der Waals surface area (Å²) >= 11 is 0. The van der Waals surface area contributed by atoms with E-state index in [1.54, 1.807) is 48.5 Å². The number of esters is 1. The summed E-state index contributed by atoms with van der Waals surface area (Å²) in [4.78, 5) is 52.0. The molecule has 2 atom stereocenters. The topological polar surface area (TPSA) is 92.8 Å². The van der Waals surface area contributed by atoms with E-state index in [1.807, 2.05) is 6.92 Å². The molecule has 3 amide bonds. The molecule has 1 aliphatic heterocycles. The summed E-state index contributed by atoms with van der Waals surface area (Å²) in [5.41, 5.74) is 1.89. The van der Waals surface area contributed by atoms with Crippen molar-refractivity contribution < 1.29 is 23.9 Å². The van der Waals surface area contributed by atoms with Gasteiger partial charge in [-0.05, 0) is 38.8 Å². The number of hydrogen-bond donors (Lipinski definition) is 1. The first-order valence-electron chi connectivity index (χ1n) is 9.91. The van der Waals surface area contributed by atoms with Crippen LogP contribution in [0.1, 0.15) is 57.7 Å². The molecule has 7 heteroatoms. The highest BCUT2D eigenvalue weighted by Gasteiger charge is 2.42. The molecule has 7 nitrogen and oxygen atoms in total. The predicted octanol–water partition coefficient (Wildman–Crippen LogP) is 2.54. The summed E-state index contributed by atoms with van der Waals surface area (Å²) in [6.07, 6.45) is 0.636. The van der Waals surface area contributed by atoms with Gasteiger partial charge < -0.3 is 10.1 Å². The van der Waals surface area contributed by atoms with Crippen LogP contribution in [0.15, 0.2) is 48.5 Å². The Bertz CT molecular complexity index is 1030. The molecule has 0 aromatic heterocycles. The van der Waals surface area contributed by atoms with E-state index in [0.29, 0.717) is 5.56 Å². The lowest BCUT2D eigenvalue weighted by molar-refractivity contribution is -0.159. The number of fused-ring (bicyclic) bond motifs is 1. The Kier molecular flexibility index (Phi) is 5.11. The highest BCUT2D eigenvalue weighted by atomic mass is 16.5. The lowest BCUT2D eigenvalue weighted by atomic mass is 10.1. The van der Waals surface area contributed by atoms with Crippen LogP contribution in [-0.4, -0.2) is 40.7 Å². The molecule has 0 saturated heterocycles. The van der Waals surface area contributed by atoms with Crippen molar-refractivity contribution in [1.29, 1.82) is 0 Å². The molecule has 2 aromatic carbocycles. The number of nitrogens with zero attached hydrogens (tertiary/aromatic N) is 1. The molecule has 1 fully saturated rings. The van der Waals surface area contributed by atoms with Gasteiger partial charge in [0, 0.05) is 11.6 Å². The highest BCUT2D eigenvalue weighted by molar-refractivity contribution is 6.22. The lowest BCUT2D eigenvalue weighted by Gasteiger charge is -2.24. The fraction of sp³-hybridized carbons (Fsp3) is 0.304. The quantitative estimate of drug-likeness (QED) is 0.588. The number of carbonyl (C=O) groups is 4. The average molecular weight is 406 g/mol. The molecular formula is C23H22N2O5. The van der Waals surface area contributed by atoms with Gasteiger partial charge >= 0.3 is 5.97 Å². The summed E-state index contributed by atoms with van der Waals surface area (Å²) in [6.45, 7) is 3.25. The minimum absolute atomic E-state index is 0.0966. The molecule has 2 aromatic rings. The van der Waals surface area contributed by atoms with Crippen LogP contribution in [0.5, 0.6) is 0 Å². The van der Waals surface area contributed by atoms with Crippen molar-refractivity contribution in [2.75, 3.05) is 0 Å². The Morgan fingerprint density at radius 2 is 1.70 bits per heavy atom. The van der Waals surface area contributed by atoms with Crippen molar-refractivity contribution in [3.05, 3.63) is 70.8 Å². The second kappa shape index (κ2) is 7.74. The minimum atomic E-state index is -1.17. The number of imide groups is 1. The molecule has 0 spiro atoms. The van der Waals surface area contributed by atoms with Crippen LogP contribution in [-0.2, 0) is 14.3 Å². The standard InChI is InChI=1S/C23H22N2O5/c1-13-8-11-17-18(12-13)22(28)25(21(17)27)14(2)23(29)30-19(15-6-4-3-5-7-15)20(26)24-16-9-10-16/h3-8,11-12,14,16,19H,9-10H2,1-2H3,(H,24,26)/t14-,19-/m1/s1. The average Bonchev–Trinajstić information content (AvgIpc) is 3.51. The van der Waals surface area contributed by atoms with Crippen molar-refractivity contribution in [2.45, 2.75) is 44.9 Å². The molecule has 30 heavy (non-hydrogen) atoms. The number of hydrogen-bond acceptors (Lipinski definition) is 5. The summed E-state index contributed by atoms with van der Waals surface area (Å²) in [5, 5.41) is 2.84. The van der Waals surface area contributed by atoms with Crippen LogP contribution >= 0.6 is 0 Å². The second-order valence-corrected chi connectivity index (χ2v) is 7.72. The first-order valence-corrected chi connectivity index (χ1v) is 9.91. The van der Waals surface area contributed by atoms with Gasteiger partial charge in [0.15, 0.2) is 0 Å². The van der Waals surface area contributed by atoms with Crippen LogP contribution < -0.4 is 5.32 Å². The molecule has 154 valence electrons. The number of amides is 3. The zero-order valence-corrected chi connectivity index (χ0v) is 16.8. The number of aryl methyl sites for hydroxylation is 1. The van der Waals surface area contributed by atoms with E-state index in [1.165, 1.54) is 6.92 Å². The van der Waals surface area contributed by atoms with Crippen molar-refractivity contribution in [1.82, 2.24) is 10.2 Å². The van der Waals surface area contributed by atoms with Crippen LogP contribution in [0.4, 0.5) is 0 Å². The van der Waals surface area contributed by atoms with Gasteiger partial charge in [-0.3, -0.25) is 19.3 Å². The molecule has 0 unspecified atom stereocenters. The summed E-state index contributed by atoms with van der Waals surface area (Å²) < 4.78 is 5.52. The van der Waals surface area contributed by atoms with Crippen LogP contribution in [0, 0.1) is 6.92 Å². The Hall–Kier alpha value is -3.48. The van der Waals surface area contributed by atoms with E-state index < -0.39 is 35.8 Å². The van der Waals surface area contributed by atoms with E-state index in [-0.39, 0.29) is 17.2 Å². The zero-order valence-electron chi connectivity index (χ0n) is 16.8. The molecule has 1 saturated carbocycles. The molecule has 2 aliphatic rings. The Morgan fingerprint density at radius 3 is 2.37 bits per heavy atom. The van der Waals surface area contributed by atoms with Gasteiger partial charge in [0.25, 0.3) is 17.7 Å². The number of benzene rings is 2. The Labute approximate surface area is 174 Å². The van der Waals surface area contributed by atoms with Crippen molar-refractivity contribution in [3.63, 3.8) is 0 Å². The normalized spacial score (nSPS) is 17.3. The van der Waals surface area contributed by atoms with Gasteiger partial charge in [0.1, 0.15) is 6.04 Å². The van der Waals surface area contributed by atoms with Gasteiger partial charge in [0.05, 0.1) is 11.1 Å². The number of ether oxygens (including phenoxy) is 1. The van der Waals surface area contributed by atoms with Gasteiger partial charge in [-0.15, -0.1) is 0 Å². The monoisotopic (exact) mass is 406 g/mol. The molecule has 1 heterocycles. The fourth-order valence-electron chi connectivity index (χ4n) is 3.45. The molecule has 0 radical (unpaired) electrons. The van der Waals surface area contributed by atoms with Gasteiger partial charge in [-0.1, -0.05) is 42.0 Å². The van der Waals surface area contributed by atoms with E-state index in [4.69, 9.17) is 4.74 Å². The van der Waals surface area contributed by atoms with Crippen molar-refractivity contribution in [2.24, 2.45) is 0 Å². The van der Waals surface area contributed by atoms with Crippen LogP contribution in [0.2, 0.25) is 0 Å². The van der Waals surface area contributed by atoms with E-state index in [0.717, 1.165) is 23.3 Å². The van der Waals surface area contributed by atoms with Gasteiger partial charge in [-0.2, -0.15) is 0 Å². The second-order valence-electron chi connectivity index (χ2n) is 7.72. The van der Waals surface area contributed by atoms with E-state index >= 15 is 0 Å². The lowest BCUT2D eigenvalue weighted by Crippen LogP contribution is -2.45. The maximum absolute atomic E-state index is 12.9. The first kappa shape index (κ1) is 19.8. The SMILES string of the molecule is Cc1ccc2c(c1)C(=O)N([C@H](C)C(=O)O[C@@H](C(=O)NC1CC1)c1ccccc1)C2=O. The molecule has 4 rings (SSSR count). The predicted molar refractivity (Wildman–Crippen MR) is 108 cm³/mol. The molecule has 1 N–H and O–H groups in total. The van der Waals surface area contributed by atoms with E-state index in [9.17, 15) is 19.2 Å². The minimum Gasteiger partial charge on any atom is -0.446 e. The third-order valence-corrected chi connectivity index (χ3v) is 5.30. The number of nitrogens with one attached hydrogen (secondary N) is 1.